The van der Waals surface area contributed by atoms with Gasteiger partial charge in [-0.1, -0.05) is 24.9 Å². The first kappa shape index (κ1) is 18.4. The molecule has 0 aromatic carbocycles. The predicted molar refractivity (Wildman–Crippen MR) is 95.0 cm³/mol. The van der Waals surface area contributed by atoms with Crippen molar-refractivity contribution in [2.45, 2.75) is 58.5 Å². The Morgan fingerprint density at radius 3 is 2.84 bits per heavy atom. The molecule has 0 spiro atoms. The number of carbonyl (C=O) groups excluding carboxylic acids is 1. The van der Waals surface area contributed by atoms with E-state index in [4.69, 9.17) is 9.26 Å². The number of ether oxygens (including phenoxy) is 1. The molecule has 2 fully saturated rings. The molecule has 0 unspecified atom stereocenters. The van der Waals surface area contributed by atoms with Crippen LogP contribution in [0.15, 0.2) is 10.6 Å². The second-order valence-corrected chi connectivity index (χ2v) is 7.82. The molecule has 1 aliphatic carbocycles. The molecule has 1 amide bonds. The zero-order valence-electron chi connectivity index (χ0n) is 15.7. The van der Waals surface area contributed by atoms with E-state index in [-0.39, 0.29) is 17.4 Å². The summed E-state index contributed by atoms with van der Waals surface area (Å²) in [5.74, 6) is 1.58. The quantitative estimate of drug-likeness (QED) is 0.781. The normalized spacial score (nSPS) is 25.7. The van der Waals surface area contributed by atoms with Crippen molar-refractivity contribution in [3.05, 3.63) is 17.5 Å². The number of nitrogens with one attached hydrogen (secondary N) is 1. The van der Waals surface area contributed by atoms with Crippen LogP contribution in [0.5, 0.6) is 0 Å². The summed E-state index contributed by atoms with van der Waals surface area (Å²) in [4.78, 5) is 15.2. The molecule has 140 valence electrons. The molecule has 2 atom stereocenters. The van der Waals surface area contributed by atoms with Crippen LogP contribution < -0.4 is 5.32 Å². The number of aromatic nitrogens is 1. The number of methoxy groups -OCH3 is 1. The van der Waals surface area contributed by atoms with Crippen molar-refractivity contribution in [1.29, 1.82) is 0 Å². The molecular weight excluding hydrogens is 318 g/mol. The van der Waals surface area contributed by atoms with Gasteiger partial charge in [-0.15, -0.1) is 0 Å². The van der Waals surface area contributed by atoms with E-state index in [1.807, 2.05) is 13.0 Å². The van der Waals surface area contributed by atoms with Crippen molar-refractivity contribution in [3.8, 4) is 0 Å². The Morgan fingerprint density at radius 1 is 1.48 bits per heavy atom. The van der Waals surface area contributed by atoms with Crippen molar-refractivity contribution in [3.63, 3.8) is 0 Å². The van der Waals surface area contributed by atoms with Crippen LogP contribution in [0.1, 0.15) is 50.5 Å². The van der Waals surface area contributed by atoms with Gasteiger partial charge in [-0.25, -0.2) is 0 Å². The molecule has 6 nitrogen and oxygen atoms in total. The van der Waals surface area contributed by atoms with Crippen LogP contribution in [0.3, 0.4) is 0 Å². The molecule has 1 saturated heterocycles. The van der Waals surface area contributed by atoms with Gasteiger partial charge in [-0.2, -0.15) is 0 Å². The summed E-state index contributed by atoms with van der Waals surface area (Å²) in [7, 11) is 1.68. The SMILES string of the molecule is CCC[C@H]1CN(Cc2cc(C)no2)C[C@@H]1NC(=O)C1(COC)CCC1. The van der Waals surface area contributed by atoms with Crippen molar-refractivity contribution in [2.24, 2.45) is 11.3 Å². The predicted octanol–water partition coefficient (Wildman–Crippen LogP) is 2.52. The van der Waals surface area contributed by atoms with Crippen LogP contribution >= 0.6 is 0 Å². The summed E-state index contributed by atoms with van der Waals surface area (Å²) < 4.78 is 10.7. The Morgan fingerprint density at radius 2 is 2.28 bits per heavy atom. The van der Waals surface area contributed by atoms with E-state index >= 15 is 0 Å². The Kier molecular flexibility index (Phi) is 5.79. The Balaban J connectivity index is 1.61. The molecule has 1 N–H and O–H groups in total. The van der Waals surface area contributed by atoms with E-state index in [0.717, 1.165) is 63.2 Å². The monoisotopic (exact) mass is 349 g/mol. The van der Waals surface area contributed by atoms with E-state index in [9.17, 15) is 4.79 Å². The Bertz CT molecular complexity index is 582. The van der Waals surface area contributed by atoms with Crippen molar-refractivity contribution in [1.82, 2.24) is 15.4 Å². The van der Waals surface area contributed by atoms with Crippen LogP contribution in [-0.4, -0.2) is 48.8 Å². The molecule has 0 bridgehead atoms. The largest absolute Gasteiger partial charge is 0.384 e. The molecule has 1 aromatic heterocycles. The summed E-state index contributed by atoms with van der Waals surface area (Å²) >= 11 is 0. The molecule has 2 heterocycles. The number of hydrogen-bond acceptors (Lipinski definition) is 5. The minimum absolute atomic E-state index is 0.184. The van der Waals surface area contributed by atoms with E-state index in [0.29, 0.717) is 12.5 Å². The fraction of sp³-hybridized carbons (Fsp3) is 0.789. The molecule has 6 heteroatoms. The van der Waals surface area contributed by atoms with E-state index in [2.05, 4.69) is 22.3 Å². The zero-order valence-corrected chi connectivity index (χ0v) is 15.7. The van der Waals surface area contributed by atoms with Gasteiger partial charge in [0.25, 0.3) is 0 Å². The van der Waals surface area contributed by atoms with E-state index in [1.54, 1.807) is 7.11 Å². The highest BCUT2D eigenvalue weighted by Gasteiger charge is 2.46. The molecule has 1 aliphatic heterocycles. The van der Waals surface area contributed by atoms with Gasteiger partial charge >= 0.3 is 0 Å². The first-order valence-corrected chi connectivity index (χ1v) is 9.51. The van der Waals surface area contributed by atoms with Gasteiger partial charge in [0.2, 0.25) is 5.91 Å². The van der Waals surface area contributed by atoms with Crippen molar-refractivity contribution < 1.29 is 14.1 Å². The average Bonchev–Trinajstić information content (AvgIpc) is 3.10. The van der Waals surface area contributed by atoms with Gasteiger partial charge in [0, 0.05) is 32.3 Å². The third-order valence-electron chi connectivity index (χ3n) is 5.76. The molecule has 0 radical (unpaired) electrons. The topological polar surface area (TPSA) is 67.6 Å². The lowest BCUT2D eigenvalue weighted by molar-refractivity contribution is -0.141. The third-order valence-corrected chi connectivity index (χ3v) is 5.76. The maximum Gasteiger partial charge on any atom is 0.228 e. The minimum Gasteiger partial charge on any atom is -0.384 e. The summed E-state index contributed by atoms with van der Waals surface area (Å²) in [5, 5.41) is 7.32. The van der Waals surface area contributed by atoms with Gasteiger partial charge < -0.3 is 14.6 Å². The van der Waals surface area contributed by atoms with Crippen LogP contribution in [0, 0.1) is 18.3 Å². The minimum atomic E-state index is -0.291. The molecule has 1 saturated carbocycles. The molecule has 1 aromatic rings. The molecular formula is C19H31N3O3. The smallest absolute Gasteiger partial charge is 0.228 e. The molecule has 3 rings (SSSR count). The highest BCUT2D eigenvalue weighted by molar-refractivity contribution is 5.84. The standard InChI is InChI=1S/C19H31N3O3/c1-4-6-15-10-22(11-16-9-14(2)21-25-16)12-17(15)20-18(23)19(13-24-3)7-5-8-19/h9,15,17H,4-8,10-13H2,1-3H3,(H,20,23)/t15-,17-/m0/s1. The maximum absolute atomic E-state index is 12.9. The lowest BCUT2D eigenvalue weighted by Crippen LogP contribution is -2.53. The third kappa shape index (κ3) is 4.06. The second kappa shape index (κ2) is 7.87. The average molecular weight is 349 g/mol. The first-order chi connectivity index (χ1) is 12.1. The van der Waals surface area contributed by atoms with Gasteiger partial charge in [0.05, 0.1) is 24.3 Å². The van der Waals surface area contributed by atoms with Crippen LogP contribution in [0.2, 0.25) is 0 Å². The number of rotatable bonds is 8. The van der Waals surface area contributed by atoms with Gasteiger partial charge in [-0.3, -0.25) is 9.69 Å². The van der Waals surface area contributed by atoms with Gasteiger partial charge in [-0.05, 0) is 32.1 Å². The fourth-order valence-electron chi connectivity index (χ4n) is 4.27. The lowest BCUT2D eigenvalue weighted by atomic mass is 9.68. The molecule has 25 heavy (non-hydrogen) atoms. The second-order valence-electron chi connectivity index (χ2n) is 7.82. The number of amides is 1. The highest BCUT2D eigenvalue weighted by Crippen LogP contribution is 2.41. The Labute approximate surface area is 150 Å². The van der Waals surface area contributed by atoms with Crippen LogP contribution in [-0.2, 0) is 16.1 Å². The summed E-state index contributed by atoms with van der Waals surface area (Å²) in [6, 6.07) is 2.20. The van der Waals surface area contributed by atoms with Crippen molar-refractivity contribution >= 4 is 5.91 Å². The summed E-state index contributed by atoms with van der Waals surface area (Å²) in [6.45, 7) is 7.31. The number of hydrogen-bond donors (Lipinski definition) is 1. The zero-order chi connectivity index (χ0) is 17.9. The maximum atomic E-state index is 12.9. The van der Waals surface area contributed by atoms with Gasteiger partial charge in [0.1, 0.15) is 0 Å². The first-order valence-electron chi connectivity index (χ1n) is 9.51. The Hall–Kier alpha value is -1.40. The van der Waals surface area contributed by atoms with Crippen LogP contribution in [0.4, 0.5) is 0 Å². The fourth-order valence-corrected chi connectivity index (χ4v) is 4.27. The van der Waals surface area contributed by atoms with E-state index < -0.39 is 0 Å². The number of aryl methyl sites for hydroxylation is 1. The highest BCUT2D eigenvalue weighted by atomic mass is 16.5. The lowest BCUT2D eigenvalue weighted by Gasteiger charge is -2.40. The summed E-state index contributed by atoms with van der Waals surface area (Å²) in [5.41, 5.74) is 0.622. The van der Waals surface area contributed by atoms with Gasteiger partial charge in [0.15, 0.2) is 5.76 Å². The molecule has 2 aliphatic rings. The van der Waals surface area contributed by atoms with Crippen LogP contribution in [0.25, 0.3) is 0 Å². The van der Waals surface area contributed by atoms with E-state index in [1.165, 1.54) is 0 Å². The number of carbonyl (C=O) groups is 1. The summed E-state index contributed by atoms with van der Waals surface area (Å²) in [6.07, 6.45) is 5.28. The number of nitrogens with zero attached hydrogens (tertiary/aromatic N) is 2. The number of likely N-dealkylation sites (tertiary alicyclic amines) is 1. The van der Waals surface area contributed by atoms with Crippen molar-refractivity contribution in [2.75, 3.05) is 26.8 Å².